The Morgan fingerprint density at radius 1 is 1.17 bits per heavy atom. The molecular formula is C13H16Br2N2O. The van der Waals surface area contributed by atoms with Crippen molar-refractivity contribution in [3.05, 3.63) is 27.1 Å². The Balaban J connectivity index is 1.90. The Labute approximate surface area is 124 Å². The summed E-state index contributed by atoms with van der Waals surface area (Å²) in [6.45, 7) is 0. The van der Waals surface area contributed by atoms with E-state index in [1.54, 1.807) is 0 Å². The van der Waals surface area contributed by atoms with Gasteiger partial charge in [0.1, 0.15) is 0 Å². The molecule has 2 rings (SSSR count). The molecule has 1 aromatic rings. The number of benzene rings is 1. The van der Waals surface area contributed by atoms with Crippen LogP contribution >= 0.6 is 31.9 Å². The van der Waals surface area contributed by atoms with E-state index in [0.717, 1.165) is 27.5 Å². The van der Waals surface area contributed by atoms with Crippen LogP contribution in [-0.4, -0.2) is 12.1 Å². The normalized spacial score (nSPS) is 16.3. The Morgan fingerprint density at radius 2 is 1.89 bits per heavy atom. The zero-order valence-electron chi connectivity index (χ0n) is 10.0. The quantitative estimate of drug-likeness (QED) is 0.774. The van der Waals surface area contributed by atoms with Gasteiger partial charge in [0, 0.05) is 15.0 Å². The average Bonchev–Trinajstić information content (AvgIpc) is 2.34. The van der Waals surface area contributed by atoms with Crippen LogP contribution in [0.15, 0.2) is 27.1 Å². The lowest BCUT2D eigenvalue weighted by Crippen LogP contribution is -2.39. The van der Waals surface area contributed by atoms with Crippen LogP contribution in [-0.2, 0) is 0 Å². The van der Waals surface area contributed by atoms with Gasteiger partial charge >= 0.3 is 6.03 Å². The summed E-state index contributed by atoms with van der Waals surface area (Å²) < 4.78 is 1.85. The number of carbonyl (C=O) groups is 1. The molecule has 3 nitrogen and oxygen atoms in total. The third-order valence-corrected chi connectivity index (χ3v) is 4.27. The van der Waals surface area contributed by atoms with Gasteiger partial charge < -0.3 is 10.6 Å². The van der Waals surface area contributed by atoms with Crippen LogP contribution in [0.1, 0.15) is 32.1 Å². The number of urea groups is 1. The number of anilines is 1. The lowest BCUT2D eigenvalue weighted by Gasteiger charge is -2.23. The van der Waals surface area contributed by atoms with Crippen LogP contribution in [0, 0.1) is 0 Å². The molecule has 1 aliphatic rings. The number of nitrogens with one attached hydrogen (secondary N) is 2. The summed E-state index contributed by atoms with van der Waals surface area (Å²) in [7, 11) is 0. The van der Waals surface area contributed by atoms with E-state index >= 15 is 0 Å². The largest absolute Gasteiger partial charge is 0.335 e. The maximum atomic E-state index is 11.9. The van der Waals surface area contributed by atoms with Crippen molar-refractivity contribution in [2.24, 2.45) is 0 Å². The summed E-state index contributed by atoms with van der Waals surface area (Å²) in [5.41, 5.74) is 0.784. The first-order valence-electron chi connectivity index (χ1n) is 6.18. The molecule has 1 saturated carbocycles. The van der Waals surface area contributed by atoms with Crippen molar-refractivity contribution in [3.8, 4) is 0 Å². The maximum Gasteiger partial charge on any atom is 0.319 e. The maximum absolute atomic E-state index is 11.9. The smallest absolute Gasteiger partial charge is 0.319 e. The highest BCUT2D eigenvalue weighted by atomic mass is 79.9. The molecule has 0 aromatic heterocycles. The Hall–Kier alpha value is -0.550. The van der Waals surface area contributed by atoms with Gasteiger partial charge in [-0.2, -0.15) is 0 Å². The second-order valence-corrected chi connectivity index (χ2v) is 6.33. The molecule has 98 valence electrons. The first-order chi connectivity index (χ1) is 8.65. The molecule has 2 N–H and O–H groups in total. The average molecular weight is 376 g/mol. The highest BCUT2D eigenvalue weighted by Gasteiger charge is 2.15. The van der Waals surface area contributed by atoms with Crippen LogP contribution < -0.4 is 10.6 Å². The summed E-state index contributed by atoms with van der Waals surface area (Å²) >= 11 is 6.81. The highest BCUT2D eigenvalue weighted by Crippen LogP contribution is 2.26. The van der Waals surface area contributed by atoms with Crippen LogP contribution in [0.3, 0.4) is 0 Å². The van der Waals surface area contributed by atoms with Gasteiger partial charge in [-0.3, -0.25) is 0 Å². The molecule has 0 unspecified atom stereocenters. The zero-order chi connectivity index (χ0) is 13.0. The van der Waals surface area contributed by atoms with Crippen molar-refractivity contribution in [3.63, 3.8) is 0 Å². The van der Waals surface area contributed by atoms with Gasteiger partial charge in [-0.1, -0.05) is 35.2 Å². The van der Waals surface area contributed by atoms with Gasteiger partial charge in [-0.05, 0) is 47.0 Å². The number of amides is 2. The molecule has 0 spiro atoms. The standard InChI is InChI=1S/C13H16Br2N2O/c14-9-6-7-12(11(15)8-9)17-13(18)16-10-4-2-1-3-5-10/h6-8,10H,1-5H2,(H2,16,17,18). The highest BCUT2D eigenvalue weighted by molar-refractivity contribution is 9.11. The summed E-state index contributed by atoms with van der Waals surface area (Å²) in [6, 6.07) is 5.89. The van der Waals surface area contributed by atoms with Gasteiger partial charge in [-0.15, -0.1) is 0 Å². The predicted octanol–water partition coefficient (Wildman–Crippen LogP) is 4.67. The molecule has 1 aromatic carbocycles. The van der Waals surface area contributed by atoms with Gasteiger partial charge in [0.2, 0.25) is 0 Å². The lowest BCUT2D eigenvalue weighted by atomic mass is 9.96. The van der Waals surface area contributed by atoms with Crippen molar-refractivity contribution >= 4 is 43.6 Å². The molecular weight excluding hydrogens is 360 g/mol. The van der Waals surface area contributed by atoms with Crippen molar-refractivity contribution < 1.29 is 4.79 Å². The van der Waals surface area contributed by atoms with Gasteiger partial charge in [0.15, 0.2) is 0 Å². The molecule has 0 atom stereocenters. The Kier molecular flexibility index (Phi) is 5.06. The number of carbonyl (C=O) groups excluding carboxylic acids is 1. The fourth-order valence-electron chi connectivity index (χ4n) is 2.18. The molecule has 0 heterocycles. The predicted molar refractivity (Wildman–Crippen MR) is 80.9 cm³/mol. The minimum absolute atomic E-state index is 0.120. The van der Waals surface area contributed by atoms with E-state index in [0.29, 0.717) is 6.04 Å². The summed E-state index contributed by atoms with van der Waals surface area (Å²) in [4.78, 5) is 11.9. The topological polar surface area (TPSA) is 41.1 Å². The summed E-state index contributed by atoms with van der Waals surface area (Å²) in [6.07, 6.45) is 5.90. The molecule has 0 aliphatic heterocycles. The first kappa shape index (κ1) is 13.9. The van der Waals surface area contributed by atoms with E-state index in [2.05, 4.69) is 42.5 Å². The van der Waals surface area contributed by atoms with Crippen LogP contribution in [0.25, 0.3) is 0 Å². The van der Waals surface area contributed by atoms with Crippen LogP contribution in [0.4, 0.5) is 10.5 Å². The van der Waals surface area contributed by atoms with Crippen LogP contribution in [0.2, 0.25) is 0 Å². The van der Waals surface area contributed by atoms with Gasteiger partial charge in [0.25, 0.3) is 0 Å². The number of hydrogen-bond acceptors (Lipinski definition) is 1. The summed E-state index contributed by atoms with van der Waals surface area (Å²) in [5, 5.41) is 5.89. The third kappa shape index (κ3) is 3.99. The van der Waals surface area contributed by atoms with Gasteiger partial charge in [-0.25, -0.2) is 4.79 Å². The zero-order valence-corrected chi connectivity index (χ0v) is 13.2. The van der Waals surface area contributed by atoms with Crippen molar-refractivity contribution in [2.75, 3.05) is 5.32 Å². The SMILES string of the molecule is O=C(Nc1ccc(Br)cc1Br)NC1CCCCC1. The molecule has 0 saturated heterocycles. The second-order valence-electron chi connectivity index (χ2n) is 4.56. The van der Waals surface area contributed by atoms with Crippen molar-refractivity contribution in [1.82, 2.24) is 5.32 Å². The van der Waals surface area contributed by atoms with Crippen molar-refractivity contribution in [1.29, 1.82) is 0 Å². The Morgan fingerprint density at radius 3 is 2.56 bits per heavy atom. The van der Waals surface area contributed by atoms with E-state index in [9.17, 15) is 4.79 Å². The molecule has 5 heteroatoms. The van der Waals surface area contributed by atoms with E-state index in [1.165, 1.54) is 19.3 Å². The summed E-state index contributed by atoms with van der Waals surface area (Å²) in [5.74, 6) is 0. The molecule has 1 fully saturated rings. The minimum Gasteiger partial charge on any atom is -0.335 e. The minimum atomic E-state index is -0.120. The van der Waals surface area contributed by atoms with E-state index in [-0.39, 0.29) is 6.03 Å². The molecule has 0 radical (unpaired) electrons. The fourth-order valence-corrected chi connectivity index (χ4v) is 3.33. The first-order valence-corrected chi connectivity index (χ1v) is 7.76. The van der Waals surface area contributed by atoms with E-state index < -0.39 is 0 Å². The van der Waals surface area contributed by atoms with Crippen LogP contribution in [0.5, 0.6) is 0 Å². The van der Waals surface area contributed by atoms with E-state index in [1.807, 2.05) is 18.2 Å². The molecule has 2 amide bonds. The number of hydrogen-bond donors (Lipinski definition) is 2. The fraction of sp³-hybridized carbons (Fsp3) is 0.462. The van der Waals surface area contributed by atoms with Crippen molar-refractivity contribution in [2.45, 2.75) is 38.1 Å². The monoisotopic (exact) mass is 374 g/mol. The number of rotatable bonds is 2. The third-order valence-electron chi connectivity index (χ3n) is 3.12. The second kappa shape index (κ2) is 6.57. The Bertz CT molecular complexity index is 431. The molecule has 1 aliphatic carbocycles. The lowest BCUT2D eigenvalue weighted by molar-refractivity contribution is 0.244. The molecule has 18 heavy (non-hydrogen) atoms. The van der Waals surface area contributed by atoms with E-state index in [4.69, 9.17) is 0 Å². The number of halogens is 2. The van der Waals surface area contributed by atoms with Gasteiger partial charge in [0.05, 0.1) is 5.69 Å². The molecule has 0 bridgehead atoms.